The van der Waals surface area contributed by atoms with E-state index in [4.69, 9.17) is 4.43 Å². The summed E-state index contributed by atoms with van der Waals surface area (Å²) in [6, 6.07) is 0. The number of hydrogen-bond donors (Lipinski definition) is 0. The van der Waals surface area contributed by atoms with E-state index >= 15 is 0 Å². The van der Waals surface area contributed by atoms with Crippen molar-refractivity contribution >= 4 is 19.3 Å². The number of rotatable bonds is 14. The molecule has 3 heteroatoms. The highest BCUT2D eigenvalue weighted by atomic mass is 28.3. The topological polar surface area (TPSA) is 9.23 Å². The second-order valence-corrected chi connectivity index (χ2v) is 8.24. The summed E-state index contributed by atoms with van der Waals surface area (Å²) in [4.78, 5) is 0. The Balaban J connectivity index is 0. The quantitative estimate of drug-likeness (QED) is 0.320. The van der Waals surface area contributed by atoms with E-state index in [1.54, 1.807) is 0 Å². The van der Waals surface area contributed by atoms with Crippen LogP contribution in [0.5, 0.6) is 0 Å². The van der Waals surface area contributed by atoms with E-state index in [2.05, 4.69) is 26.6 Å². The molecule has 0 unspecified atom stereocenters. The van der Waals surface area contributed by atoms with Gasteiger partial charge in [-0.2, -0.15) is 0 Å². The minimum Gasteiger partial charge on any atom is -0.421 e. The van der Waals surface area contributed by atoms with Crippen molar-refractivity contribution in [2.45, 2.75) is 104 Å². The Bertz CT molecular complexity index is 152. The zero-order valence-corrected chi connectivity index (χ0v) is 18.3. The van der Waals surface area contributed by atoms with Gasteiger partial charge in [0.05, 0.1) is 0 Å². The van der Waals surface area contributed by atoms with Crippen LogP contribution < -0.4 is 0 Å². The summed E-state index contributed by atoms with van der Waals surface area (Å²) in [7, 11) is 0.548. The van der Waals surface area contributed by atoms with E-state index in [0.717, 1.165) is 6.61 Å². The maximum absolute atomic E-state index is 5.67. The summed E-state index contributed by atoms with van der Waals surface area (Å²) >= 11 is 0. The molecule has 0 amide bonds. The Kier molecular flexibility index (Phi) is 24.6. The molecule has 0 saturated heterocycles. The standard InChI is InChI=1S/C16H36OSi.CH6Si/c1-4-5-6-7-8-9-10-11-12-13-14-15-16-17-18(2)3;1-2/h18H,4-16H2,1-3H3;1-2H3. The lowest BCUT2D eigenvalue weighted by Gasteiger charge is -2.06. The van der Waals surface area contributed by atoms with Gasteiger partial charge in [0.2, 0.25) is 0 Å². The molecule has 0 bridgehead atoms. The second-order valence-electron chi connectivity index (χ2n) is 5.81. The molecule has 0 aromatic rings. The molecule has 124 valence electrons. The van der Waals surface area contributed by atoms with Crippen molar-refractivity contribution in [3.63, 3.8) is 0 Å². The summed E-state index contributed by atoms with van der Waals surface area (Å²) in [6.07, 6.45) is 17.1. The van der Waals surface area contributed by atoms with Crippen LogP contribution in [0.4, 0.5) is 0 Å². The molecule has 0 aliphatic heterocycles. The minimum atomic E-state index is -0.757. The molecule has 0 atom stereocenters. The molecule has 0 aliphatic carbocycles. The van der Waals surface area contributed by atoms with Crippen molar-refractivity contribution in [1.82, 2.24) is 0 Å². The van der Waals surface area contributed by atoms with Gasteiger partial charge in [0.25, 0.3) is 0 Å². The zero-order chi connectivity index (χ0) is 15.5. The summed E-state index contributed by atoms with van der Waals surface area (Å²) < 4.78 is 5.67. The molecule has 0 heterocycles. The predicted octanol–water partition coefficient (Wildman–Crippen LogP) is 5.09. The van der Waals surface area contributed by atoms with Gasteiger partial charge >= 0.3 is 0 Å². The van der Waals surface area contributed by atoms with Gasteiger partial charge in [0.1, 0.15) is 0 Å². The molecular weight excluding hydrogens is 276 g/mol. The molecule has 1 nitrogen and oxygen atoms in total. The fourth-order valence-electron chi connectivity index (χ4n) is 2.26. The SMILES string of the molecule is CCCCCCCCCCCCCCO[SiH](C)C.C[SiH3]. The van der Waals surface area contributed by atoms with Crippen LogP contribution in [0.1, 0.15) is 84.0 Å². The van der Waals surface area contributed by atoms with Gasteiger partial charge in [0.15, 0.2) is 9.04 Å². The molecule has 0 saturated carbocycles. The van der Waals surface area contributed by atoms with Gasteiger partial charge in [0, 0.05) is 6.61 Å². The van der Waals surface area contributed by atoms with Crippen molar-refractivity contribution < 1.29 is 4.43 Å². The average Bonchev–Trinajstić information content (AvgIpc) is 2.46. The van der Waals surface area contributed by atoms with Crippen molar-refractivity contribution in [1.29, 1.82) is 0 Å². The van der Waals surface area contributed by atoms with E-state index in [0.29, 0.717) is 0 Å². The third-order valence-corrected chi connectivity index (χ3v) is 4.35. The van der Waals surface area contributed by atoms with Crippen LogP contribution in [-0.4, -0.2) is 25.9 Å². The van der Waals surface area contributed by atoms with Crippen molar-refractivity contribution in [2.75, 3.05) is 6.61 Å². The van der Waals surface area contributed by atoms with Crippen LogP contribution in [0.25, 0.3) is 0 Å². The molecule has 0 radical (unpaired) electrons. The lowest BCUT2D eigenvalue weighted by Crippen LogP contribution is -2.08. The molecule has 20 heavy (non-hydrogen) atoms. The fraction of sp³-hybridized carbons (Fsp3) is 1.00. The monoisotopic (exact) mass is 318 g/mol. The summed E-state index contributed by atoms with van der Waals surface area (Å²) in [5.41, 5.74) is 0. The van der Waals surface area contributed by atoms with Gasteiger partial charge in [-0.1, -0.05) is 84.1 Å². The maximum Gasteiger partial charge on any atom is 0.170 e. The van der Waals surface area contributed by atoms with Crippen LogP contribution in [-0.2, 0) is 4.43 Å². The molecule has 0 aromatic heterocycles. The Hall–Kier alpha value is 0.394. The lowest BCUT2D eigenvalue weighted by molar-refractivity contribution is 0.311. The van der Waals surface area contributed by atoms with Crippen LogP contribution >= 0.6 is 0 Å². The summed E-state index contributed by atoms with van der Waals surface area (Å²) in [6.45, 7) is 9.94. The van der Waals surface area contributed by atoms with Crippen molar-refractivity contribution in [2.24, 2.45) is 0 Å². The van der Waals surface area contributed by atoms with E-state index in [1.165, 1.54) is 87.3 Å². The first kappa shape index (κ1) is 22.7. The molecule has 0 fully saturated rings. The minimum absolute atomic E-state index is 0.757. The lowest BCUT2D eigenvalue weighted by atomic mass is 10.1. The normalized spacial score (nSPS) is 10.7. The van der Waals surface area contributed by atoms with Crippen LogP contribution in [0.3, 0.4) is 0 Å². The Labute approximate surface area is 134 Å². The third-order valence-electron chi connectivity index (χ3n) is 3.45. The van der Waals surface area contributed by atoms with Crippen LogP contribution in [0, 0.1) is 0 Å². The molecular formula is C17H42OSi2. The average molecular weight is 319 g/mol. The van der Waals surface area contributed by atoms with E-state index in [1.807, 2.05) is 0 Å². The first-order valence-corrected chi connectivity index (χ1v) is 14.2. The van der Waals surface area contributed by atoms with Gasteiger partial charge < -0.3 is 4.43 Å². The van der Waals surface area contributed by atoms with E-state index in [-0.39, 0.29) is 0 Å². The van der Waals surface area contributed by atoms with E-state index < -0.39 is 9.04 Å². The first-order valence-electron chi connectivity index (χ1n) is 9.39. The fourth-order valence-corrected chi connectivity index (χ4v) is 2.90. The second kappa shape index (κ2) is 21.7. The first-order chi connectivity index (χ1) is 9.77. The summed E-state index contributed by atoms with van der Waals surface area (Å²) in [5.74, 6) is 0. The largest absolute Gasteiger partial charge is 0.421 e. The Morgan fingerprint density at radius 1 is 0.650 bits per heavy atom. The highest BCUT2D eigenvalue weighted by Crippen LogP contribution is 2.11. The molecule has 0 rings (SSSR count). The van der Waals surface area contributed by atoms with Crippen LogP contribution in [0.15, 0.2) is 0 Å². The molecule has 0 aromatic carbocycles. The number of unbranched alkanes of at least 4 members (excludes halogenated alkanes) is 11. The zero-order valence-electron chi connectivity index (χ0n) is 15.2. The van der Waals surface area contributed by atoms with Gasteiger partial charge in [-0.3, -0.25) is 0 Å². The van der Waals surface area contributed by atoms with Crippen molar-refractivity contribution in [3.8, 4) is 0 Å². The van der Waals surface area contributed by atoms with Gasteiger partial charge in [-0.05, 0) is 29.8 Å². The van der Waals surface area contributed by atoms with Crippen molar-refractivity contribution in [3.05, 3.63) is 0 Å². The number of hydrogen-bond acceptors (Lipinski definition) is 1. The predicted molar refractivity (Wildman–Crippen MR) is 102 cm³/mol. The third kappa shape index (κ3) is 23.5. The molecule has 0 N–H and O–H groups in total. The Morgan fingerprint density at radius 3 is 1.35 bits per heavy atom. The summed E-state index contributed by atoms with van der Waals surface area (Å²) in [5, 5.41) is 0. The van der Waals surface area contributed by atoms with Gasteiger partial charge in [-0.25, -0.2) is 0 Å². The highest BCUT2D eigenvalue weighted by molar-refractivity contribution is 6.48. The maximum atomic E-state index is 5.67. The smallest absolute Gasteiger partial charge is 0.170 e. The van der Waals surface area contributed by atoms with Crippen LogP contribution in [0.2, 0.25) is 19.6 Å². The highest BCUT2D eigenvalue weighted by Gasteiger charge is 1.95. The molecule has 0 aliphatic rings. The molecule has 0 spiro atoms. The van der Waals surface area contributed by atoms with E-state index in [9.17, 15) is 0 Å². The Morgan fingerprint density at radius 2 is 1.00 bits per heavy atom. The van der Waals surface area contributed by atoms with Gasteiger partial charge in [-0.15, -0.1) is 0 Å².